The first-order chi connectivity index (χ1) is 13.7. The summed E-state index contributed by atoms with van der Waals surface area (Å²) in [5, 5.41) is 8.73. The highest BCUT2D eigenvalue weighted by Gasteiger charge is 2.29. The lowest BCUT2D eigenvalue weighted by atomic mass is 9.83. The van der Waals surface area contributed by atoms with Gasteiger partial charge >= 0.3 is 0 Å². The van der Waals surface area contributed by atoms with Gasteiger partial charge in [-0.2, -0.15) is 0 Å². The topological polar surface area (TPSA) is 69.9 Å². The van der Waals surface area contributed by atoms with Gasteiger partial charge in [-0.1, -0.05) is 31.2 Å². The van der Waals surface area contributed by atoms with Crippen LogP contribution in [0.1, 0.15) is 36.0 Å². The molecule has 1 aliphatic rings. The number of pyridine rings is 2. The van der Waals surface area contributed by atoms with Crippen LogP contribution in [-0.4, -0.2) is 40.1 Å². The van der Waals surface area contributed by atoms with Crippen molar-refractivity contribution in [1.82, 2.24) is 14.9 Å². The van der Waals surface area contributed by atoms with Crippen LogP contribution >= 0.6 is 0 Å². The number of hydrogen-bond acceptors (Lipinski definition) is 4. The molecule has 0 aliphatic carbocycles. The third-order valence-corrected chi connectivity index (χ3v) is 5.52. The highest BCUT2D eigenvalue weighted by Crippen LogP contribution is 2.34. The van der Waals surface area contributed by atoms with Gasteiger partial charge in [0.15, 0.2) is 0 Å². The van der Waals surface area contributed by atoms with E-state index >= 15 is 0 Å². The van der Waals surface area contributed by atoms with Crippen LogP contribution in [0.3, 0.4) is 0 Å². The van der Waals surface area contributed by atoms with Crippen LogP contribution in [0.15, 0.2) is 55.0 Å². The molecule has 2 atom stereocenters. The van der Waals surface area contributed by atoms with Crippen LogP contribution in [0.4, 0.5) is 0 Å². The third kappa shape index (κ3) is 3.65. The Hall–Kier alpha value is -3.08. The first-order valence-electron chi connectivity index (χ1n) is 9.70. The number of hydrogen-bond donors (Lipinski definition) is 1. The average molecular weight is 372 g/mol. The van der Waals surface area contributed by atoms with E-state index < -0.39 is 0 Å². The first kappa shape index (κ1) is 18.3. The maximum Gasteiger partial charge on any atom is 0.227 e. The minimum Gasteiger partial charge on any atom is -0.342 e. The molecular weight excluding hydrogens is 348 g/mol. The van der Waals surface area contributed by atoms with E-state index in [0.717, 1.165) is 41.5 Å². The minimum absolute atomic E-state index is 0.156. The van der Waals surface area contributed by atoms with Crippen molar-refractivity contribution < 1.29 is 4.79 Å². The number of aromatic nitrogens is 2. The summed E-state index contributed by atoms with van der Waals surface area (Å²) in [5.74, 6) is 0.863. The molecule has 3 aromatic rings. The maximum absolute atomic E-state index is 12.9. The highest BCUT2D eigenvalue weighted by molar-refractivity contribution is 5.98. The van der Waals surface area contributed by atoms with Gasteiger partial charge in [0.05, 0.1) is 11.9 Å². The third-order valence-electron chi connectivity index (χ3n) is 5.52. The average Bonchev–Trinajstić information content (AvgIpc) is 2.73. The monoisotopic (exact) mass is 372 g/mol. The summed E-state index contributed by atoms with van der Waals surface area (Å²) < 4.78 is 0. The summed E-state index contributed by atoms with van der Waals surface area (Å²) in [7, 11) is 0. The summed E-state index contributed by atoms with van der Waals surface area (Å²) in [5.41, 5.74) is 3.86. The normalized spacial score (nSPS) is 19.5. The molecule has 0 spiro atoms. The molecule has 1 aromatic carbocycles. The molecule has 1 saturated heterocycles. The molecule has 5 nitrogen and oxygen atoms in total. The summed E-state index contributed by atoms with van der Waals surface area (Å²) >= 11 is 0. The van der Waals surface area contributed by atoms with Crippen LogP contribution in [0.25, 0.3) is 10.9 Å². The summed E-state index contributed by atoms with van der Waals surface area (Å²) in [6.45, 7) is 3.73. The molecule has 0 saturated carbocycles. The Morgan fingerprint density at radius 1 is 1.21 bits per heavy atom. The lowest BCUT2D eigenvalue weighted by Gasteiger charge is -2.37. The zero-order chi connectivity index (χ0) is 19.5. The van der Waals surface area contributed by atoms with Crippen LogP contribution in [0.5, 0.6) is 0 Å². The van der Waals surface area contributed by atoms with Crippen LogP contribution in [0.2, 0.25) is 0 Å². The number of piperidine rings is 1. The lowest BCUT2D eigenvalue weighted by molar-refractivity contribution is -0.132. The van der Waals surface area contributed by atoms with Gasteiger partial charge in [0.25, 0.3) is 0 Å². The predicted octanol–water partition coefficient (Wildman–Crippen LogP) is 3.82. The number of amides is 1. The fourth-order valence-corrected chi connectivity index (χ4v) is 4.26. The maximum atomic E-state index is 12.9. The van der Waals surface area contributed by atoms with Gasteiger partial charge < -0.3 is 10.3 Å². The van der Waals surface area contributed by atoms with Crippen molar-refractivity contribution in [2.24, 2.45) is 5.92 Å². The molecule has 1 amide bonds. The molecule has 5 heteroatoms. The van der Waals surface area contributed by atoms with Gasteiger partial charge in [-0.15, -0.1) is 0 Å². The predicted molar refractivity (Wildman–Crippen MR) is 111 cm³/mol. The van der Waals surface area contributed by atoms with E-state index in [-0.39, 0.29) is 11.8 Å². The molecular formula is C23H24N4O. The number of carbonyl (C=O) groups excluding carboxylic acids is 1. The SMILES string of the molecule is CC1C[C@@H](c2ccc(C=N)c3ncccc23)CN(C(=O)Cc2cccnc2)C1. The van der Waals surface area contributed by atoms with Crippen molar-refractivity contribution in [3.8, 4) is 0 Å². The smallest absolute Gasteiger partial charge is 0.227 e. The van der Waals surface area contributed by atoms with E-state index in [1.54, 1.807) is 18.6 Å². The molecule has 1 aliphatic heterocycles. The van der Waals surface area contributed by atoms with Gasteiger partial charge in [-0.25, -0.2) is 0 Å². The fraction of sp³-hybridized carbons (Fsp3) is 0.304. The summed E-state index contributed by atoms with van der Waals surface area (Å²) in [6.07, 6.45) is 8.05. The van der Waals surface area contributed by atoms with E-state index in [9.17, 15) is 4.79 Å². The van der Waals surface area contributed by atoms with Crippen molar-refractivity contribution in [3.05, 3.63) is 71.7 Å². The Morgan fingerprint density at radius 3 is 2.86 bits per heavy atom. The molecule has 0 radical (unpaired) electrons. The fourth-order valence-electron chi connectivity index (χ4n) is 4.26. The Balaban J connectivity index is 1.61. The number of fused-ring (bicyclic) bond motifs is 1. The van der Waals surface area contributed by atoms with E-state index in [1.165, 1.54) is 11.8 Å². The second kappa shape index (κ2) is 7.89. The van der Waals surface area contributed by atoms with E-state index in [4.69, 9.17) is 5.41 Å². The molecule has 1 N–H and O–H groups in total. The Labute approximate surface area is 164 Å². The number of benzene rings is 1. The number of likely N-dealkylation sites (tertiary alicyclic amines) is 1. The number of nitrogens with zero attached hydrogens (tertiary/aromatic N) is 3. The first-order valence-corrected chi connectivity index (χ1v) is 9.70. The van der Waals surface area contributed by atoms with Gasteiger partial charge in [0, 0.05) is 54.8 Å². The molecule has 0 bridgehead atoms. The summed E-state index contributed by atoms with van der Waals surface area (Å²) in [4.78, 5) is 23.5. The molecule has 1 fully saturated rings. The molecule has 3 heterocycles. The number of carbonyl (C=O) groups is 1. The van der Waals surface area contributed by atoms with E-state index in [2.05, 4.69) is 29.0 Å². The number of nitrogens with one attached hydrogen (secondary N) is 1. The van der Waals surface area contributed by atoms with Crippen molar-refractivity contribution in [3.63, 3.8) is 0 Å². The van der Waals surface area contributed by atoms with Crippen molar-refractivity contribution in [1.29, 1.82) is 5.41 Å². The zero-order valence-electron chi connectivity index (χ0n) is 16.0. The van der Waals surface area contributed by atoms with Crippen LogP contribution < -0.4 is 0 Å². The summed E-state index contributed by atoms with van der Waals surface area (Å²) in [6, 6.07) is 11.9. The second-order valence-electron chi connectivity index (χ2n) is 7.66. The molecule has 28 heavy (non-hydrogen) atoms. The standard InChI is InChI=1S/C23H24N4O/c1-16-10-19(15-27(14-16)22(28)11-17-4-2-8-25-13-17)20-7-6-18(12-24)23-21(20)5-3-9-26-23/h2-9,12-13,16,19,24H,10-11,14-15H2,1H3/t16?,19-/m1/s1. The van der Waals surface area contributed by atoms with E-state index in [0.29, 0.717) is 12.3 Å². The quantitative estimate of drug-likeness (QED) is 0.708. The largest absolute Gasteiger partial charge is 0.342 e. The van der Waals surface area contributed by atoms with E-state index in [1.807, 2.05) is 29.2 Å². The molecule has 4 rings (SSSR count). The Bertz CT molecular complexity index is 1000. The Kier molecular flexibility index (Phi) is 5.15. The van der Waals surface area contributed by atoms with Crippen molar-refractivity contribution >= 4 is 23.0 Å². The molecule has 2 aromatic heterocycles. The molecule has 142 valence electrons. The van der Waals surface area contributed by atoms with Crippen molar-refractivity contribution in [2.45, 2.75) is 25.7 Å². The van der Waals surface area contributed by atoms with Crippen LogP contribution in [-0.2, 0) is 11.2 Å². The van der Waals surface area contributed by atoms with Gasteiger partial charge in [-0.05, 0) is 35.6 Å². The van der Waals surface area contributed by atoms with Gasteiger partial charge in [-0.3, -0.25) is 14.8 Å². The molecule has 1 unspecified atom stereocenters. The zero-order valence-corrected chi connectivity index (χ0v) is 16.0. The minimum atomic E-state index is 0.156. The van der Waals surface area contributed by atoms with Crippen LogP contribution in [0, 0.1) is 11.3 Å². The van der Waals surface area contributed by atoms with Gasteiger partial charge in [0.2, 0.25) is 5.91 Å². The number of rotatable bonds is 4. The highest BCUT2D eigenvalue weighted by atomic mass is 16.2. The second-order valence-corrected chi connectivity index (χ2v) is 7.66. The lowest BCUT2D eigenvalue weighted by Crippen LogP contribution is -2.43. The van der Waals surface area contributed by atoms with Gasteiger partial charge in [0.1, 0.15) is 0 Å². The van der Waals surface area contributed by atoms with Crippen molar-refractivity contribution in [2.75, 3.05) is 13.1 Å². The Morgan fingerprint density at radius 2 is 2.07 bits per heavy atom.